The van der Waals surface area contributed by atoms with E-state index in [4.69, 9.17) is 5.73 Å². The van der Waals surface area contributed by atoms with Gasteiger partial charge in [0, 0.05) is 18.8 Å². The molecule has 9 heteroatoms. The lowest BCUT2D eigenvalue weighted by Crippen LogP contribution is -2.41. The van der Waals surface area contributed by atoms with E-state index in [2.05, 4.69) is 31.8 Å². The number of hydrogen-bond acceptors (Lipinski definition) is 6. The molecule has 2 aromatic heterocycles. The fourth-order valence-electron chi connectivity index (χ4n) is 3.82. The zero-order valence-corrected chi connectivity index (χ0v) is 14.3. The standard InChI is InChI=1S/C17H20FN7O/c1-2-25-8-11(6-21-25)22-17-20-7-12(18)16(24-17)23-14-10-4-3-9(5-10)13(14)15(19)26/h3-4,6-10,13-14H,2,5H2,1H3,(H2,19,26)(H2,20,22,23,24)/t9-,10-,13-,14+/m0/s1. The van der Waals surface area contributed by atoms with E-state index in [0.29, 0.717) is 5.69 Å². The minimum atomic E-state index is -0.574. The number of primary amides is 1. The molecule has 0 saturated heterocycles. The normalized spacial score (nSPS) is 26.2. The molecule has 136 valence electrons. The van der Waals surface area contributed by atoms with Gasteiger partial charge in [0.25, 0.3) is 0 Å². The molecule has 4 N–H and O–H groups in total. The highest BCUT2D eigenvalue weighted by molar-refractivity contribution is 5.79. The summed E-state index contributed by atoms with van der Waals surface area (Å²) in [6.07, 6.45) is 9.48. The van der Waals surface area contributed by atoms with Crippen molar-refractivity contribution in [1.82, 2.24) is 19.7 Å². The SMILES string of the molecule is CCn1cc(Nc2ncc(F)c(N[C@H]3[C@@H](C(N)=O)[C@H]4C=C[C@H]3C4)n2)cn1. The van der Waals surface area contributed by atoms with E-state index in [1.54, 1.807) is 10.9 Å². The summed E-state index contributed by atoms with van der Waals surface area (Å²) < 4.78 is 16.0. The lowest BCUT2D eigenvalue weighted by molar-refractivity contribution is -0.122. The first-order valence-electron chi connectivity index (χ1n) is 8.61. The summed E-state index contributed by atoms with van der Waals surface area (Å²) in [5, 5.41) is 10.2. The van der Waals surface area contributed by atoms with Crippen LogP contribution >= 0.6 is 0 Å². The van der Waals surface area contributed by atoms with E-state index in [-0.39, 0.29) is 41.5 Å². The lowest BCUT2D eigenvalue weighted by Gasteiger charge is -2.27. The van der Waals surface area contributed by atoms with E-state index < -0.39 is 5.82 Å². The average Bonchev–Trinajstić information content (AvgIpc) is 3.33. The molecule has 0 aliphatic heterocycles. The highest BCUT2D eigenvalue weighted by Gasteiger charge is 2.47. The molecule has 1 fully saturated rings. The number of carbonyl (C=O) groups excluding carboxylic acids is 1. The Morgan fingerprint density at radius 1 is 1.38 bits per heavy atom. The Morgan fingerprint density at radius 3 is 2.92 bits per heavy atom. The first-order valence-corrected chi connectivity index (χ1v) is 8.61. The third kappa shape index (κ3) is 2.89. The van der Waals surface area contributed by atoms with Gasteiger partial charge in [-0.3, -0.25) is 9.48 Å². The van der Waals surface area contributed by atoms with Gasteiger partial charge in [-0.1, -0.05) is 12.2 Å². The van der Waals surface area contributed by atoms with Crippen molar-refractivity contribution in [2.24, 2.45) is 23.5 Å². The fourth-order valence-corrected chi connectivity index (χ4v) is 3.82. The number of allylic oxidation sites excluding steroid dienone is 1. The molecule has 26 heavy (non-hydrogen) atoms. The molecule has 4 atom stereocenters. The number of nitrogens with zero attached hydrogens (tertiary/aromatic N) is 4. The number of aryl methyl sites for hydroxylation is 1. The Labute approximate surface area is 149 Å². The monoisotopic (exact) mass is 357 g/mol. The van der Waals surface area contributed by atoms with Crippen molar-refractivity contribution in [2.45, 2.75) is 25.9 Å². The Bertz CT molecular complexity index is 865. The number of amides is 1. The van der Waals surface area contributed by atoms with Crippen LogP contribution in [0.2, 0.25) is 0 Å². The highest BCUT2D eigenvalue weighted by Crippen LogP contribution is 2.44. The maximum atomic E-state index is 14.2. The summed E-state index contributed by atoms with van der Waals surface area (Å²) in [5.41, 5.74) is 6.26. The smallest absolute Gasteiger partial charge is 0.229 e. The first-order chi connectivity index (χ1) is 12.5. The molecule has 2 aliphatic rings. The number of halogens is 1. The molecule has 1 saturated carbocycles. The van der Waals surface area contributed by atoms with Crippen molar-refractivity contribution in [1.29, 1.82) is 0 Å². The van der Waals surface area contributed by atoms with Crippen LogP contribution in [0.15, 0.2) is 30.7 Å². The summed E-state index contributed by atoms with van der Waals surface area (Å²) in [6.45, 7) is 2.72. The van der Waals surface area contributed by atoms with E-state index in [1.165, 1.54) is 0 Å². The van der Waals surface area contributed by atoms with Crippen LogP contribution in [0, 0.1) is 23.6 Å². The van der Waals surface area contributed by atoms with Crippen molar-refractivity contribution in [3.8, 4) is 0 Å². The number of nitrogens with two attached hydrogens (primary N) is 1. The zero-order valence-electron chi connectivity index (χ0n) is 14.3. The van der Waals surface area contributed by atoms with Gasteiger partial charge in [-0.2, -0.15) is 10.1 Å². The Balaban J connectivity index is 1.55. The third-order valence-corrected chi connectivity index (χ3v) is 5.05. The molecule has 8 nitrogen and oxygen atoms in total. The zero-order chi connectivity index (χ0) is 18.3. The van der Waals surface area contributed by atoms with Gasteiger partial charge in [0.2, 0.25) is 11.9 Å². The van der Waals surface area contributed by atoms with E-state index in [0.717, 1.165) is 19.2 Å². The molecule has 1 amide bonds. The number of nitrogens with one attached hydrogen (secondary N) is 2. The predicted octanol–water partition coefficient (Wildman–Crippen LogP) is 1.66. The molecular formula is C17H20FN7O. The van der Waals surface area contributed by atoms with Crippen LogP contribution in [-0.2, 0) is 11.3 Å². The molecule has 2 bridgehead atoms. The van der Waals surface area contributed by atoms with Gasteiger partial charge in [0.15, 0.2) is 11.6 Å². The first kappa shape index (κ1) is 16.5. The summed E-state index contributed by atoms with van der Waals surface area (Å²) in [4.78, 5) is 20.0. The molecule has 2 heterocycles. The summed E-state index contributed by atoms with van der Waals surface area (Å²) in [7, 11) is 0. The van der Waals surface area contributed by atoms with Crippen molar-refractivity contribution in [3.63, 3.8) is 0 Å². The van der Waals surface area contributed by atoms with Crippen LogP contribution in [0.25, 0.3) is 0 Å². The minimum Gasteiger partial charge on any atom is -0.369 e. The van der Waals surface area contributed by atoms with Crippen molar-refractivity contribution >= 4 is 23.4 Å². The second kappa shape index (κ2) is 6.40. The van der Waals surface area contributed by atoms with Crippen molar-refractivity contribution in [2.75, 3.05) is 10.6 Å². The largest absolute Gasteiger partial charge is 0.369 e. The molecule has 2 aromatic rings. The Morgan fingerprint density at radius 2 is 2.19 bits per heavy atom. The van der Waals surface area contributed by atoms with E-state index in [1.807, 2.05) is 19.2 Å². The number of hydrogen-bond donors (Lipinski definition) is 3. The molecule has 4 rings (SSSR count). The van der Waals surface area contributed by atoms with Gasteiger partial charge in [-0.05, 0) is 25.2 Å². The third-order valence-electron chi connectivity index (χ3n) is 5.05. The maximum Gasteiger partial charge on any atom is 0.229 e. The number of rotatable bonds is 6. The van der Waals surface area contributed by atoms with Gasteiger partial charge in [0.05, 0.1) is 24.0 Å². The van der Waals surface area contributed by atoms with Crippen LogP contribution in [0.3, 0.4) is 0 Å². The second-order valence-corrected chi connectivity index (χ2v) is 6.65. The molecule has 0 radical (unpaired) electrons. The quantitative estimate of drug-likeness (QED) is 0.678. The van der Waals surface area contributed by atoms with Crippen LogP contribution < -0.4 is 16.4 Å². The molecule has 2 aliphatic carbocycles. The molecular weight excluding hydrogens is 337 g/mol. The van der Waals surface area contributed by atoms with Gasteiger partial charge in [-0.25, -0.2) is 9.37 Å². The topological polar surface area (TPSA) is 111 Å². The van der Waals surface area contributed by atoms with Crippen LogP contribution in [0.4, 0.5) is 21.8 Å². The molecule has 0 unspecified atom stereocenters. The summed E-state index contributed by atoms with van der Waals surface area (Å²) >= 11 is 0. The number of carbonyl (C=O) groups is 1. The summed E-state index contributed by atoms with van der Waals surface area (Å²) in [6, 6.07) is -0.261. The lowest BCUT2D eigenvalue weighted by atomic mass is 9.88. The van der Waals surface area contributed by atoms with E-state index >= 15 is 0 Å². The molecule has 0 aromatic carbocycles. The maximum absolute atomic E-state index is 14.2. The molecule has 0 spiro atoms. The minimum absolute atomic E-state index is 0.0579. The number of anilines is 3. The van der Waals surface area contributed by atoms with E-state index in [9.17, 15) is 9.18 Å². The highest BCUT2D eigenvalue weighted by atomic mass is 19.1. The Hall–Kier alpha value is -2.97. The van der Waals surface area contributed by atoms with Crippen molar-refractivity contribution < 1.29 is 9.18 Å². The summed E-state index contributed by atoms with van der Waals surface area (Å²) in [5.74, 6) is -0.752. The Kier molecular flexibility index (Phi) is 4.06. The van der Waals surface area contributed by atoms with Crippen LogP contribution in [0.1, 0.15) is 13.3 Å². The number of fused-ring (bicyclic) bond motifs is 2. The van der Waals surface area contributed by atoms with Gasteiger partial charge < -0.3 is 16.4 Å². The van der Waals surface area contributed by atoms with Crippen LogP contribution in [-0.4, -0.2) is 31.7 Å². The number of aromatic nitrogens is 4. The van der Waals surface area contributed by atoms with Crippen LogP contribution in [0.5, 0.6) is 0 Å². The fraction of sp³-hybridized carbons (Fsp3) is 0.412. The average molecular weight is 357 g/mol. The van der Waals surface area contributed by atoms with Crippen molar-refractivity contribution in [3.05, 3.63) is 36.6 Å². The van der Waals surface area contributed by atoms with Gasteiger partial charge in [0.1, 0.15) is 0 Å². The van der Waals surface area contributed by atoms with Gasteiger partial charge in [-0.15, -0.1) is 0 Å². The predicted molar refractivity (Wildman–Crippen MR) is 94.0 cm³/mol. The second-order valence-electron chi connectivity index (χ2n) is 6.65. The van der Waals surface area contributed by atoms with Gasteiger partial charge >= 0.3 is 0 Å².